The molecule has 0 spiro atoms. The van der Waals surface area contributed by atoms with Crippen LogP contribution in [0.15, 0.2) is 48.5 Å². The number of hydrogen-bond donors (Lipinski definition) is 2. The van der Waals surface area contributed by atoms with Crippen LogP contribution in [-0.4, -0.2) is 24.2 Å². The van der Waals surface area contributed by atoms with Crippen molar-refractivity contribution in [2.75, 3.05) is 18.5 Å². The third kappa shape index (κ3) is 4.53. The summed E-state index contributed by atoms with van der Waals surface area (Å²) in [5.41, 5.74) is 2.64. The van der Waals surface area contributed by atoms with Crippen molar-refractivity contribution in [3.63, 3.8) is 0 Å². The van der Waals surface area contributed by atoms with E-state index in [2.05, 4.69) is 36.5 Å². The Labute approximate surface area is 124 Å². The molecule has 0 fully saturated rings. The summed E-state index contributed by atoms with van der Waals surface area (Å²) < 4.78 is 5.55. The molecule has 0 aliphatic heterocycles. The van der Waals surface area contributed by atoms with Crippen LogP contribution in [0.2, 0.25) is 0 Å². The van der Waals surface area contributed by atoms with Gasteiger partial charge in [-0.2, -0.15) is 0 Å². The van der Waals surface area contributed by atoms with Crippen molar-refractivity contribution in [1.29, 1.82) is 0 Å². The van der Waals surface area contributed by atoms with Crippen LogP contribution in [0.5, 0.6) is 5.75 Å². The Balaban J connectivity index is 1.74. The van der Waals surface area contributed by atoms with Crippen molar-refractivity contribution < 1.29 is 14.6 Å². The molecule has 0 aliphatic rings. The van der Waals surface area contributed by atoms with Crippen LogP contribution < -0.4 is 10.1 Å². The van der Waals surface area contributed by atoms with Crippen LogP contribution in [0, 0.1) is 0 Å². The van der Waals surface area contributed by atoms with Gasteiger partial charge in [0.05, 0.1) is 5.56 Å². The number of carboxylic acid groups (broad SMARTS) is 1. The standard InChI is InChI=1S/C17H19NO3/c1-2-13-3-7-15(8-4-13)18-11-12-21-16-9-5-14(6-10-16)17(19)20/h3-10,18H,2,11-12H2,1H3,(H,19,20). The first kappa shape index (κ1) is 14.9. The Hall–Kier alpha value is -2.49. The summed E-state index contributed by atoms with van der Waals surface area (Å²) in [6.45, 7) is 3.33. The molecule has 2 aromatic carbocycles. The number of carbonyl (C=O) groups is 1. The molecule has 0 radical (unpaired) electrons. The minimum absolute atomic E-state index is 0.261. The highest BCUT2D eigenvalue weighted by Gasteiger charge is 2.01. The number of benzene rings is 2. The zero-order valence-corrected chi connectivity index (χ0v) is 12.0. The second-order valence-corrected chi connectivity index (χ2v) is 4.66. The molecule has 2 rings (SSSR count). The van der Waals surface area contributed by atoms with Gasteiger partial charge < -0.3 is 15.2 Å². The highest BCUT2D eigenvalue weighted by atomic mass is 16.5. The van der Waals surface area contributed by atoms with Gasteiger partial charge in [-0.3, -0.25) is 0 Å². The molecule has 21 heavy (non-hydrogen) atoms. The maximum Gasteiger partial charge on any atom is 0.335 e. The normalized spacial score (nSPS) is 10.1. The summed E-state index contributed by atoms with van der Waals surface area (Å²) in [5.74, 6) is -0.262. The first-order valence-corrected chi connectivity index (χ1v) is 6.98. The lowest BCUT2D eigenvalue weighted by atomic mass is 10.1. The van der Waals surface area contributed by atoms with Gasteiger partial charge in [0.2, 0.25) is 0 Å². The Bertz CT molecular complexity index is 576. The zero-order valence-electron chi connectivity index (χ0n) is 12.0. The fourth-order valence-corrected chi connectivity index (χ4v) is 1.92. The van der Waals surface area contributed by atoms with Gasteiger partial charge in [0.15, 0.2) is 0 Å². The third-order valence-corrected chi connectivity index (χ3v) is 3.16. The molecule has 4 heteroatoms. The van der Waals surface area contributed by atoms with E-state index in [9.17, 15) is 4.79 Å². The average molecular weight is 285 g/mol. The number of rotatable bonds is 7. The molecule has 2 aromatic rings. The highest BCUT2D eigenvalue weighted by Crippen LogP contribution is 2.13. The van der Waals surface area contributed by atoms with Crippen molar-refractivity contribution in [2.24, 2.45) is 0 Å². The molecular formula is C17H19NO3. The molecule has 2 N–H and O–H groups in total. The van der Waals surface area contributed by atoms with E-state index in [1.54, 1.807) is 12.1 Å². The van der Waals surface area contributed by atoms with Crippen molar-refractivity contribution in [2.45, 2.75) is 13.3 Å². The summed E-state index contributed by atoms with van der Waals surface area (Å²) in [4.78, 5) is 10.7. The first-order chi connectivity index (χ1) is 10.2. The van der Waals surface area contributed by atoms with Gasteiger partial charge in [-0.1, -0.05) is 19.1 Å². The molecular weight excluding hydrogens is 266 g/mol. The van der Waals surface area contributed by atoms with E-state index in [1.165, 1.54) is 17.7 Å². The molecule has 0 atom stereocenters. The molecule has 0 bridgehead atoms. The van der Waals surface area contributed by atoms with Crippen LogP contribution in [0.25, 0.3) is 0 Å². The summed E-state index contributed by atoms with van der Waals surface area (Å²) in [6, 6.07) is 14.7. The second kappa shape index (κ2) is 7.33. The van der Waals surface area contributed by atoms with Crippen LogP contribution in [0.1, 0.15) is 22.8 Å². The maximum atomic E-state index is 10.7. The topological polar surface area (TPSA) is 58.6 Å². The SMILES string of the molecule is CCc1ccc(NCCOc2ccc(C(=O)O)cc2)cc1. The number of anilines is 1. The number of nitrogens with one attached hydrogen (secondary N) is 1. The van der Waals surface area contributed by atoms with E-state index in [-0.39, 0.29) is 5.56 Å². The molecule has 0 saturated carbocycles. The Morgan fingerprint density at radius 3 is 2.33 bits per heavy atom. The fourth-order valence-electron chi connectivity index (χ4n) is 1.92. The largest absolute Gasteiger partial charge is 0.492 e. The predicted molar refractivity (Wildman–Crippen MR) is 83.2 cm³/mol. The number of ether oxygens (including phenoxy) is 1. The number of hydrogen-bond acceptors (Lipinski definition) is 3. The lowest BCUT2D eigenvalue weighted by Crippen LogP contribution is -2.11. The monoisotopic (exact) mass is 285 g/mol. The van der Waals surface area contributed by atoms with Crippen molar-refractivity contribution >= 4 is 11.7 Å². The molecule has 0 amide bonds. The zero-order chi connectivity index (χ0) is 15.1. The molecule has 0 heterocycles. The fraction of sp³-hybridized carbons (Fsp3) is 0.235. The lowest BCUT2D eigenvalue weighted by Gasteiger charge is -2.09. The maximum absolute atomic E-state index is 10.7. The average Bonchev–Trinajstić information content (AvgIpc) is 2.52. The summed E-state index contributed by atoms with van der Waals surface area (Å²) >= 11 is 0. The van der Waals surface area contributed by atoms with E-state index >= 15 is 0 Å². The van der Waals surface area contributed by atoms with Gasteiger partial charge >= 0.3 is 5.97 Å². The van der Waals surface area contributed by atoms with Gasteiger partial charge in [-0.05, 0) is 48.4 Å². The van der Waals surface area contributed by atoms with Crippen LogP contribution >= 0.6 is 0 Å². The number of aryl methyl sites for hydroxylation is 1. The minimum atomic E-state index is -0.932. The van der Waals surface area contributed by atoms with Crippen molar-refractivity contribution in [3.05, 3.63) is 59.7 Å². The molecule has 0 aromatic heterocycles. The smallest absolute Gasteiger partial charge is 0.335 e. The molecule has 110 valence electrons. The van der Waals surface area contributed by atoms with Gasteiger partial charge in [0, 0.05) is 12.2 Å². The van der Waals surface area contributed by atoms with Crippen molar-refractivity contribution in [3.8, 4) is 5.75 Å². The van der Waals surface area contributed by atoms with Gasteiger partial charge in [-0.25, -0.2) is 4.79 Å². The third-order valence-electron chi connectivity index (χ3n) is 3.16. The molecule has 0 saturated heterocycles. The summed E-state index contributed by atoms with van der Waals surface area (Å²) in [7, 11) is 0. The summed E-state index contributed by atoms with van der Waals surface area (Å²) in [5, 5.41) is 12.1. The molecule has 4 nitrogen and oxygen atoms in total. The van der Waals surface area contributed by atoms with Crippen LogP contribution in [0.4, 0.5) is 5.69 Å². The van der Waals surface area contributed by atoms with E-state index < -0.39 is 5.97 Å². The minimum Gasteiger partial charge on any atom is -0.492 e. The van der Waals surface area contributed by atoms with Gasteiger partial charge in [-0.15, -0.1) is 0 Å². The number of carboxylic acids is 1. The molecule has 0 aliphatic carbocycles. The van der Waals surface area contributed by atoms with Gasteiger partial charge in [0.25, 0.3) is 0 Å². The highest BCUT2D eigenvalue weighted by molar-refractivity contribution is 5.87. The van der Waals surface area contributed by atoms with Crippen molar-refractivity contribution in [1.82, 2.24) is 0 Å². The Morgan fingerprint density at radius 1 is 1.10 bits per heavy atom. The van der Waals surface area contributed by atoms with E-state index in [0.29, 0.717) is 18.9 Å². The second-order valence-electron chi connectivity index (χ2n) is 4.66. The summed E-state index contributed by atoms with van der Waals surface area (Å²) in [6.07, 6.45) is 1.04. The Kier molecular flexibility index (Phi) is 5.21. The van der Waals surface area contributed by atoms with Gasteiger partial charge in [0.1, 0.15) is 12.4 Å². The first-order valence-electron chi connectivity index (χ1n) is 6.98. The van der Waals surface area contributed by atoms with Crippen LogP contribution in [-0.2, 0) is 6.42 Å². The van der Waals surface area contributed by atoms with E-state index in [0.717, 1.165) is 12.1 Å². The van der Waals surface area contributed by atoms with E-state index in [4.69, 9.17) is 9.84 Å². The van der Waals surface area contributed by atoms with E-state index in [1.807, 2.05) is 0 Å². The quantitative estimate of drug-likeness (QED) is 0.765. The number of aromatic carboxylic acids is 1. The Morgan fingerprint density at radius 2 is 1.76 bits per heavy atom. The lowest BCUT2D eigenvalue weighted by molar-refractivity contribution is 0.0697. The predicted octanol–water partition coefficient (Wildman–Crippen LogP) is 3.44. The molecule has 0 unspecified atom stereocenters. The van der Waals surface area contributed by atoms with Crippen LogP contribution in [0.3, 0.4) is 0 Å².